The van der Waals surface area contributed by atoms with E-state index in [1.807, 2.05) is 0 Å². The van der Waals surface area contributed by atoms with E-state index in [0.717, 1.165) is 6.42 Å². The minimum Gasteiger partial charge on any atom is -0.379 e. The Balaban J connectivity index is 1.80. The number of halogens is 1. The van der Waals surface area contributed by atoms with Crippen LogP contribution in [0, 0.1) is 0 Å². The van der Waals surface area contributed by atoms with E-state index in [1.165, 1.54) is 24.3 Å². The molecule has 1 saturated heterocycles. The lowest BCUT2D eigenvalue weighted by atomic mass is 10.3. The molecule has 0 unspecified atom stereocenters. The number of hydrogen-bond acceptors (Lipinski definition) is 4. The van der Waals surface area contributed by atoms with Crippen LogP contribution in [0.3, 0.4) is 0 Å². The van der Waals surface area contributed by atoms with Crippen molar-refractivity contribution in [3.63, 3.8) is 0 Å². The van der Waals surface area contributed by atoms with Gasteiger partial charge < -0.3 is 9.08 Å². The summed E-state index contributed by atoms with van der Waals surface area (Å²) < 4.78 is 29.6. The molecule has 0 spiro atoms. The molecular formula is C16H14ClNO4S. The standard InChI is InChI=1S/C16H14ClNO4S/c17-12-3-7-14(8-4-12)22-23(20,21)15-9-5-13(6-10-15)18-11-1-2-16(18)19/h3-10H,1-2,11H2. The van der Waals surface area contributed by atoms with Crippen LogP contribution in [0.1, 0.15) is 12.8 Å². The Morgan fingerprint density at radius 3 is 2.22 bits per heavy atom. The molecule has 0 aromatic heterocycles. The number of rotatable bonds is 4. The summed E-state index contributed by atoms with van der Waals surface area (Å²) in [5.41, 5.74) is 0.693. The van der Waals surface area contributed by atoms with Gasteiger partial charge in [-0.25, -0.2) is 0 Å². The quantitative estimate of drug-likeness (QED) is 0.793. The molecule has 7 heteroatoms. The van der Waals surface area contributed by atoms with Gasteiger partial charge in [0.25, 0.3) is 0 Å². The molecule has 1 heterocycles. The summed E-state index contributed by atoms with van der Waals surface area (Å²) in [6, 6.07) is 12.2. The second-order valence-electron chi connectivity index (χ2n) is 5.13. The maximum absolute atomic E-state index is 12.2. The summed E-state index contributed by atoms with van der Waals surface area (Å²) in [5.74, 6) is 0.242. The Hall–Kier alpha value is -2.05. The highest BCUT2D eigenvalue weighted by molar-refractivity contribution is 7.87. The van der Waals surface area contributed by atoms with Crippen LogP contribution in [-0.2, 0) is 14.9 Å². The number of amides is 1. The predicted molar refractivity (Wildman–Crippen MR) is 87.3 cm³/mol. The number of hydrogen-bond donors (Lipinski definition) is 0. The van der Waals surface area contributed by atoms with E-state index < -0.39 is 10.1 Å². The first-order valence-corrected chi connectivity index (χ1v) is 8.85. The van der Waals surface area contributed by atoms with Gasteiger partial charge in [0.15, 0.2) is 0 Å². The van der Waals surface area contributed by atoms with Gasteiger partial charge in [-0.15, -0.1) is 0 Å². The van der Waals surface area contributed by atoms with Crippen LogP contribution in [0.5, 0.6) is 5.75 Å². The minimum atomic E-state index is -3.93. The number of carbonyl (C=O) groups excluding carboxylic acids is 1. The van der Waals surface area contributed by atoms with Gasteiger partial charge in [0.1, 0.15) is 10.6 Å². The Bertz CT molecular complexity index is 816. The third kappa shape index (κ3) is 3.48. The van der Waals surface area contributed by atoms with Crippen LogP contribution in [0.15, 0.2) is 53.4 Å². The number of anilines is 1. The predicted octanol–water partition coefficient (Wildman–Crippen LogP) is 3.23. The van der Waals surface area contributed by atoms with Crippen molar-refractivity contribution < 1.29 is 17.4 Å². The van der Waals surface area contributed by atoms with Gasteiger partial charge in [0, 0.05) is 23.7 Å². The molecular weight excluding hydrogens is 338 g/mol. The summed E-state index contributed by atoms with van der Waals surface area (Å²) >= 11 is 5.75. The molecule has 0 saturated carbocycles. The van der Waals surface area contributed by atoms with E-state index in [1.54, 1.807) is 29.2 Å². The summed E-state index contributed by atoms with van der Waals surface area (Å²) in [5, 5.41) is 0.495. The molecule has 0 bridgehead atoms. The molecule has 0 atom stereocenters. The summed E-state index contributed by atoms with van der Waals surface area (Å²) in [7, 11) is -3.93. The zero-order valence-electron chi connectivity index (χ0n) is 12.1. The highest BCUT2D eigenvalue weighted by Gasteiger charge is 2.23. The molecule has 2 aromatic rings. The number of benzene rings is 2. The van der Waals surface area contributed by atoms with Crippen LogP contribution in [0.25, 0.3) is 0 Å². The molecule has 120 valence electrons. The Labute approximate surface area is 139 Å². The monoisotopic (exact) mass is 351 g/mol. The Morgan fingerprint density at radius 1 is 1.00 bits per heavy atom. The first-order valence-electron chi connectivity index (χ1n) is 7.06. The second kappa shape index (κ2) is 6.22. The maximum Gasteiger partial charge on any atom is 0.339 e. The molecule has 2 aromatic carbocycles. The fraction of sp³-hybridized carbons (Fsp3) is 0.188. The van der Waals surface area contributed by atoms with Crippen molar-refractivity contribution in [3.05, 3.63) is 53.6 Å². The summed E-state index contributed by atoms with van der Waals surface area (Å²) in [6.07, 6.45) is 1.35. The molecule has 5 nitrogen and oxygen atoms in total. The normalized spacial score (nSPS) is 15.0. The number of carbonyl (C=O) groups is 1. The number of nitrogens with zero attached hydrogens (tertiary/aromatic N) is 1. The molecule has 23 heavy (non-hydrogen) atoms. The molecule has 0 aliphatic carbocycles. The summed E-state index contributed by atoms with van der Waals surface area (Å²) in [4.78, 5) is 13.4. The van der Waals surface area contributed by atoms with Crippen molar-refractivity contribution in [3.8, 4) is 5.75 Å². The van der Waals surface area contributed by atoms with Crippen LogP contribution < -0.4 is 9.08 Å². The topological polar surface area (TPSA) is 63.7 Å². The van der Waals surface area contributed by atoms with Gasteiger partial charge in [0.05, 0.1) is 0 Å². The first-order chi connectivity index (χ1) is 11.0. The van der Waals surface area contributed by atoms with Crippen molar-refractivity contribution >= 4 is 33.3 Å². The van der Waals surface area contributed by atoms with E-state index >= 15 is 0 Å². The van der Waals surface area contributed by atoms with Crippen LogP contribution in [-0.4, -0.2) is 20.9 Å². The van der Waals surface area contributed by atoms with Crippen molar-refractivity contribution in [2.75, 3.05) is 11.4 Å². The fourth-order valence-electron chi connectivity index (χ4n) is 2.38. The van der Waals surface area contributed by atoms with Crippen LogP contribution in [0.2, 0.25) is 5.02 Å². The fourth-order valence-corrected chi connectivity index (χ4v) is 3.43. The molecule has 1 amide bonds. The van der Waals surface area contributed by atoms with E-state index in [-0.39, 0.29) is 16.6 Å². The van der Waals surface area contributed by atoms with E-state index in [9.17, 15) is 13.2 Å². The van der Waals surface area contributed by atoms with Crippen molar-refractivity contribution in [2.24, 2.45) is 0 Å². The van der Waals surface area contributed by atoms with E-state index in [0.29, 0.717) is 23.7 Å². The van der Waals surface area contributed by atoms with Gasteiger partial charge in [-0.2, -0.15) is 8.42 Å². The first kappa shape index (κ1) is 15.8. The van der Waals surface area contributed by atoms with Crippen LogP contribution >= 0.6 is 11.6 Å². The second-order valence-corrected chi connectivity index (χ2v) is 7.12. The lowest BCUT2D eigenvalue weighted by Crippen LogP contribution is -2.23. The zero-order valence-corrected chi connectivity index (χ0v) is 13.7. The van der Waals surface area contributed by atoms with E-state index in [4.69, 9.17) is 15.8 Å². The highest BCUT2D eigenvalue weighted by atomic mass is 35.5. The minimum absolute atomic E-state index is 0.0304. The summed E-state index contributed by atoms with van der Waals surface area (Å²) in [6.45, 7) is 0.659. The molecule has 1 aliphatic rings. The maximum atomic E-state index is 12.2. The molecule has 0 N–H and O–H groups in total. The van der Waals surface area contributed by atoms with Gasteiger partial charge in [-0.05, 0) is 55.0 Å². The van der Waals surface area contributed by atoms with Crippen molar-refractivity contribution in [1.29, 1.82) is 0 Å². The van der Waals surface area contributed by atoms with Gasteiger partial charge in [-0.1, -0.05) is 11.6 Å². The lowest BCUT2D eigenvalue weighted by Gasteiger charge is -2.16. The van der Waals surface area contributed by atoms with Crippen molar-refractivity contribution in [2.45, 2.75) is 17.7 Å². The third-order valence-electron chi connectivity index (χ3n) is 3.53. The largest absolute Gasteiger partial charge is 0.379 e. The Morgan fingerprint density at radius 2 is 1.65 bits per heavy atom. The highest BCUT2D eigenvalue weighted by Crippen LogP contribution is 2.25. The lowest BCUT2D eigenvalue weighted by molar-refractivity contribution is -0.117. The van der Waals surface area contributed by atoms with Crippen LogP contribution in [0.4, 0.5) is 5.69 Å². The van der Waals surface area contributed by atoms with E-state index in [2.05, 4.69) is 0 Å². The van der Waals surface area contributed by atoms with Gasteiger partial charge >= 0.3 is 10.1 Å². The smallest absolute Gasteiger partial charge is 0.339 e. The average molecular weight is 352 g/mol. The van der Waals surface area contributed by atoms with Gasteiger partial charge in [-0.3, -0.25) is 4.79 Å². The third-order valence-corrected chi connectivity index (χ3v) is 5.04. The molecule has 1 aliphatic heterocycles. The SMILES string of the molecule is O=C1CCCN1c1ccc(S(=O)(=O)Oc2ccc(Cl)cc2)cc1. The molecule has 0 radical (unpaired) electrons. The molecule has 3 rings (SSSR count). The Kier molecular flexibility index (Phi) is 4.28. The van der Waals surface area contributed by atoms with Gasteiger partial charge in [0.2, 0.25) is 5.91 Å². The molecule has 1 fully saturated rings. The zero-order chi connectivity index (χ0) is 16.4. The average Bonchev–Trinajstić information content (AvgIpc) is 2.96. The van der Waals surface area contributed by atoms with Crippen molar-refractivity contribution in [1.82, 2.24) is 0 Å².